The Kier molecular flexibility index (Phi) is 5.50. The summed E-state index contributed by atoms with van der Waals surface area (Å²) < 4.78 is 4.92. The molecule has 1 heterocycles. The lowest BCUT2D eigenvalue weighted by Gasteiger charge is -2.17. The van der Waals surface area contributed by atoms with E-state index >= 15 is 0 Å². The van der Waals surface area contributed by atoms with Crippen molar-refractivity contribution in [3.63, 3.8) is 0 Å². The van der Waals surface area contributed by atoms with Gasteiger partial charge in [-0.1, -0.05) is 0 Å². The van der Waals surface area contributed by atoms with E-state index in [0.717, 1.165) is 0 Å². The first-order chi connectivity index (χ1) is 8.83. The number of ether oxygens (including phenoxy) is 1. The van der Waals surface area contributed by atoms with E-state index in [2.05, 4.69) is 5.32 Å². The molecule has 0 fully saturated rings. The number of amides is 1. The van der Waals surface area contributed by atoms with Crippen molar-refractivity contribution in [1.82, 2.24) is 0 Å². The smallest absolute Gasteiger partial charge is 0.341 e. The van der Waals surface area contributed by atoms with E-state index in [1.165, 1.54) is 11.3 Å². The maximum Gasteiger partial charge on any atom is 0.341 e. The summed E-state index contributed by atoms with van der Waals surface area (Å²) in [6, 6.07) is 1.64. The van der Waals surface area contributed by atoms with Gasteiger partial charge in [0.1, 0.15) is 5.00 Å². The van der Waals surface area contributed by atoms with Crippen molar-refractivity contribution in [3.8, 4) is 0 Å². The van der Waals surface area contributed by atoms with Crippen molar-refractivity contribution < 1.29 is 14.3 Å². The average molecular weight is 284 g/mol. The minimum Gasteiger partial charge on any atom is -0.462 e. The monoisotopic (exact) mass is 284 g/mol. The highest BCUT2D eigenvalue weighted by Crippen LogP contribution is 2.24. The van der Waals surface area contributed by atoms with E-state index in [1.54, 1.807) is 18.4 Å². The van der Waals surface area contributed by atoms with Crippen LogP contribution in [0.15, 0.2) is 11.4 Å². The largest absolute Gasteiger partial charge is 0.462 e. The maximum atomic E-state index is 11.8. The van der Waals surface area contributed by atoms with Gasteiger partial charge < -0.3 is 15.8 Å². The third kappa shape index (κ3) is 5.40. The van der Waals surface area contributed by atoms with Gasteiger partial charge in [-0.05, 0) is 38.6 Å². The van der Waals surface area contributed by atoms with Gasteiger partial charge in [-0.25, -0.2) is 4.79 Å². The normalized spacial score (nSPS) is 11.2. The standard InChI is InChI=1S/C13H20N2O3S/c1-4-18-12(17)9-6-8-19-11(9)15-10(16)5-7-13(2,3)14/h6,8H,4-5,7,14H2,1-3H3,(H,15,16). The van der Waals surface area contributed by atoms with Crippen molar-refractivity contribution in [3.05, 3.63) is 17.0 Å². The Morgan fingerprint density at radius 3 is 2.74 bits per heavy atom. The van der Waals surface area contributed by atoms with Gasteiger partial charge in [0.2, 0.25) is 5.91 Å². The van der Waals surface area contributed by atoms with E-state index in [9.17, 15) is 9.59 Å². The summed E-state index contributed by atoms with van der Waals surface area (Å²) in [7, 11) is 0. The fourth-order valence-corrected chi connectivity index (χ4v) is 2.19. The van der Waals surface area contributed by atoms with E-state index in [0.29, 0.717) is 30.0 Å². The zero-order chi connectivity index (χ0) is 14.5. The maximum absolute atomic E-state index is 11.8. The molecule has 19 heavy (non-hydrogen) atoms. The molecule has 0 spiro atoms. The summed E-state index contributed by atoms with van der Waals surface area (Å²) in [6.45, 7) is 5.79. The number of anilines is 1. The van der Waals surface area contributed by atoms with Crippen LogP contribution in [0.25, 0.3) is 0 Å². The van der Waals surface area contributed by atoms with Crippen LogP contribution in [0.2, 0.25) is 0 Å². The van der Waals surface area contributed by atoms with E-state index < -0.39 is 5.97 Å². The lowest BCUT2D eigenvalue weighted by Crippen LogP contribution is -2.33. The highest BCUT2D eigenvalue weighted by molar-refractivity contribution is 7.14. The van der Waals surface area contributed by atoms with Gasteiger partial charge in [-0.2, -0.15) is 0 Å². The van der Waals surface area contributed by atoms with Crippen LogP contribution >= 0.6 is 11.3 Å². The van der Waals surface area contributed by atoms with E-state index in [4.69, 9.17) is 10.5 Å². The third-order valence-corrected chi connectivity index (χ3v) is 3.24. The van der Waals surface area contributed by atoms with Gasteiger partial charge >= 0.3 is 5.97 Å². The van der Waals surface area contributed by atoms with Crippen LogP contribution in [0.4, 0.5) is 5.00 Å². The number of thiophene rings is 1. The Morgan fingerprint density at radius 2 is 2.16 bits per heavy atom. The van der Waals surface area contributed by atoms with Gasteiger partial charge in [-0.3, -0.25) is 4.79 Å². The second-order valence-corrected chi connectivity index (χ2v) is 5.84. The first kappa shape index (κ1) is 15.7. The fourth-order valence-electron chi connectivity index (χ4n) is 1.40. The molecule has 1 aromatic heterocycles. The van der Waals surface area contributed by atoms with Crippen LogP contribution in [0.5, 0.6) is 0 Å². The zero-order valence-corrected chi connectivity index (χ0v) is 12.3. The van der Waals surface area contributed by atoms with Crippen LogP contribution in [0, 0.1) is 0 Å². The topological polar surface area (TPSA) is 81.4 Å². The number of hydrogen-bond acceptors (Lipinski definition) is 5. The molecule has 0 saturated carbocycles. The summed E-state index contributed by atoms with van der Waals surface area (Å²) in [5.41, 5.74) is 5.84. The van der Waals surface area contributed by atoms with Gasteiger partial charge in [0.05, 0.1) is 12.2 Å². The Balaban J connectivity index is 2.60. The fraction of sp³-hybridized carbons (Fsp3) is 0.538. The first-order valence-electron chi connectivity index (χ1n) is 6.17. The molecule has 0 aliphatic heterocycles. The van der Waals surface area contributed by atoms with Gasteiger partial charge in [0, 0.05) is 12.0 Å². The number of nitrogens with two attached hydrogens (primary N) is 1. The molecular weight excluding hydrogens is 264 g/mol. The molecule has 0 aliphatic rings. The molecule has 0 unspecified atom stereocenters. The molecule has 0 aromatic carbocycles. The molecule has 106 valence electrons. The molecule has 0 atom stereocenters. The predicted octanol–water partition coefficient (Wildman–Crippen LogP) is 2.38. The molecule has 0 radical (unpaired) electrons. The SMILES string of the molecule is CCOC(=O)c1ccsc1NC(=O)CCC(C)(C)N. The summed E-state index contributed by atoms with van der Waals surface area (Å²) >= 11 is 1.30. The summed E-state index contributed by atoms with van der Waals surface area (Å²) in [5, 5.41) is 5.00. The van der Waals surface area contributed by atoms with Crippen LogP contribution in [0.3, 0.4) is 0 Å². The first-order valence-corrected chi connectivity index (χ1v) is 7.05. The Labute approximate surface area is 117 Å². The molecular formula is C13H20N2O3S. The third-order valence-electron chi connectivity index (χ3n) is 2.41. The Morgan fingerprint density at radius 1 is 1.47 bits per heavy atom. The van der Waals surface area contributed by atoms with Crippen molar-refractivity contribution in [2.24, 2.45) is 5.73 Å². The Bertz CT molecular complexity index is 449. The van der Waals surface area contributed by atoms with Crippen molar-refractivity contribution in [2.75, 3.05) is 11.9 Å². The molecule has 0 saturated heterocycles. The Hall–Kier alpha value is -1.40. The lowest BCUT2D eigenvalue weighted by atomic mass is 10.00. The molecule has 6 heteroatoms. The molecule has 0 aliphatic carbocycles. The average Bonchev–Trinajstić information content (AvgIpc) is 2.74. The number of hydrogen-bond donors (Lipinski definition) is 2. The number of nitrogens with one attached hydrogen (secondary N) is 1. The number of carbonyl (C=O) groups excluding carboxylic acids is 2. The molecule has 1 rings (SSSR count). The van der Waals surface area contributed by atoms with Crippen LogP contribution in [-0.2, 0) is 9.53 Å². The van der Waals surface area contributed by atoms with Gasteiger partial charge in [0.15, 0.2) is 0 Å². The molecule has 5 nitrogen and oxygen atoms in total. The zero-order valence-electron chi connectivity index (χ0n) is 11.5. The molecule has 0 bridgehead atoms. The minimum atomic E-state index is -0.418. The molecule has 3 N–H and O–H groups in total. The molecule has 1 amide bonds. The molecule has 1 aromatic rings. The van der Waals surface area contributed by atoms with Gasteiger partial charge in [0.25, 0.3) is 0 Å². The quantitative estimate of drug-likeness (QED) is 0.786. The van der Waals surface area contributed by atoms with E-state index in [-0.39, 0.29) is 11.4 Å². The van der Waals surface area contributed by atoms with Gasteiger partial charge in [-0.15, -0.1) is 11.3 Å². The minimum absolute atomic E-state index is 0.147. The number of esters is 1. The summed E-state index contributed by atoms with van der Waals surface area (Å²) in [4.78, 5) is 23.4. The number of carbonyl (C=O) groups is 2. The van der Waals surface area contributed by atoms with E-state index in [1.807, 2.05) is 13.8 Å². The van der Waals surface area contributed by atoms with Crippen molar-refractivity contribution >= 4 is 28.2 Å². The second-order valence-electron chi connectivity index (χ2n) is 4.92. The van der Waals surface area contributed by atoms with Crippen LogP contribution < -0.4 is 11.1 Å². The predicted molar refractivity (Wildman–Crippen MR) is 76.4 cm³/mol. The van der Waals surface area contributed by atoms with Crippen molar-refractivity contribution in [2.45, 2.75) is 39.2 Å². The highest BCUT2D eigenvalue weighted by Gasteiger charge is 2.17. The van der Waals surface area contributed by atoms with Crippen LogP contribution in [-0.4, -0.2) is 24.0 Å². The highest BCUT2D eigenvalue weighted by atomic mass is 32.1. The lowest BCUT2D eigenvalue weighted by molar-refractivity contribution is -0.116. The summed E-state index contributed by atoms with van der Waals surface area (Å²) in [5.74, 6) is -0.565. The second kappa shape index (κ2) is 6.68. The van der Waals surface area contributed by atoms with Crippen molar-refractivity contribution in [1.29, 1.82) is 0 Å². The van der Waals surface area contributed by atoms with Crippen LogP contribution in [0.1, 0.15) is 44.0 Å². The number of rotatable bonds is 6. The summed E-state index contributed by atoms with van der Waals surface area (Å²) in [6.07, 6.45) is 0.905.